The summed E-state index contributed by atoms with van der Waals surface area (Å²) < 4.78 is 4.21. The van der Waals surface area contributed by atoms with Crippen LogP contribution in [-0.4, -0.2) is 30.0 Å². The van der Waals surface area contributed by atoms with Crippen molar-refractivity contribution < 1.29 is 4.79 Å². The van der Waals surface area contributed by atoms with Gasteiger partial charge in [0.2, 0.25) is 0 Å². The SMILES string of the molecule is CC(C)n1ccnc1-c1cccc(NC(=O)c2ccc3c(c2)-n2cnc(C4CC4)c2C3)n1. The van der Waals surface area contributed by atoms with Gasteiger partial charge in [-0.2, -0.15) is 0 Å². The first-order valence-corrected chi connectivity index (χ1v) is 11.1. The van der Waals surface area contributed by atoms with Crippen molar-refractivity contribution in [2.24, 2.45) is 0 Å². The van der Waals surface area contributed by atoms with Crippen LogP contribution in [0.2, 0.25) is 0 Å². The summed E-state index contributed by atoms with van der Waals surface area (Å²) in [7, 11) is 0. The van der Waals surface area contributed by atoms with Gasteiger partial charge in [-0.05, 0) is 56.5 Å². The Morgan fingerprint density at radius 3 is 2.84 bits per heavy atom. The van der Waals surface area contributed by atoms with Gasteiger partial charge < -0.3 is 14.5 Å². The minimum Gasteiger partial charge on any atom is -0.327 e. The van der Waals surface area contributed by atoms with Crippen LogP contribution in [0.5, 0.6) is 0 Å². The van der Waals surface area contributed by atoms with Gasteiger partial charge in [0.1, 0.15) is 11.5 Å². The van der Waals surface area contributed by atoms with E-state index in [2.05, 4.69) is 49.3 Å². The standard InChI is InChI=1S/C25H24N6O/c1-15(2)30-11-10-26-24(30)19-4-3-5-22(28-19)29-25(32)18-9-8-17-12-21-23(16-6-7-16)27-14-31(21)20(17)13-18/h3-5,8-11,13-16H,6-7,12H2,1-2H3,(H,28,29,32). The van der Waals surface area contributed by atoms with Crippen molar-refractivity contribution in [3.63, 3.8) is 0 Å². The van der Waals surface area contributed by atoms with E-state index >= 15 is 0 Å². The van der Waals surface area contributed by atoms with Crippen LogP contribution < -0.4 is 5.32 Å². The van der Waals surface area contributed by atoms with Gasteiger partial charge in [0.25, 0.3) is 5.91 Å². The van der Waals surface area contributed by atoms with Crippen molar-refractivity contribution in [1.29, 1.82) is 0 Å². The number of benzene rings is 1. The number of imidazole rings is 2. The van der Waals surface area contributed by atoms with Crippen molar-refractivity contribution in [1.82, 2.24) is 24.1 Å². The highest BCUT2D eigenvalue weighted by Crippen LogP contribution is 2.43. The lowest BCUT2D eigenvalue weighted by Crippen LogP contribution is -2.14. The molecule has 7 heteroatoms. The molecular formula is C25H24N6O. The largest absolute Gasteiger partial charge is 0.327 e. The van der Waals surface area contributed by atoms with Gasteiger partial charge in [0, 0.05) is 36.3 Å². The molecular weight excluding hydrogens is 400 g/mol. The van der Waals surface area contributed by atoms with Gasteiger partial charge in [-0.25, -0.2) is 15.0 Å². The summed E-state index contributed by atoms with van der Waals surface area (Å²) in [5.74, 6) is 1.73. The molecule has 7 nitrogen and oxygen atoms in total. The number of hydrogen-bond donors (Lipinski definition) is 1. The Morgan fingerprint density at radius 1 is 1.16 bits per heavy atom. The monoisotopic (exact) mass is 424 g/mol. The molecule has 1 saturated carbocycles. The molecule has 3 aromatic heterocycles. The Bertz CT molecular complexity index is 1340. The fourth-order valence-electron chi connectivity index (χ4n) is 4.47. The molecule has 1 aliphatic carbocycles. The van der Waals surface area contributed by atoms with E-state index < -0.39 is 0 Å². The average Bonchev–Trinajstić information content (AvgIpc) is 3.22. The number of amides is 1. The second kappa shape index (κ2) is 7.15. The second-order valence-electron chi connectivity index (χ2n) is 8.86. The molecule has 0 bridgehead atoms. The fraction of sp³-hybridized carbons (Fsp3) is 0.280. The van der Waals surface area contributed by atoms with Crippen molar-refractivity contribution in [2.75, 3.05) is 5.32 Å². The molecule has 4 aromatic rings. The number of rotatable bonds is 5. The smallest absolute Gasteiger partial charge is 0.256 e. The van der Waals surface area contributed by atoms with E-state index in [0.29, 0.717) is 17.3 Å². The van der Waals surface area contributed by atoms with Gasteiger partial charge in [-0.1, -0.05) is 12.1 Å². The number of pyridine rings is 1. The predicted molar refractivity (Wildman–Crippen MR) is 122 cm³/mol. The summed E-state index contributed by atoms with van der Waals surface area (Å²) in [6, 6.07) is 11.8. The third-order valence-corrected chi connectivity index (χ3v) is 6.27. The zero-order valence-electron chi connectivity index (χ0n) is 18.1. The number of carbonyl (C=O) groups excluding carboxylic acids is 1. The van der Waals surface area contributed by atoms with Crippen molar-refractivity contribution in [2.45, 2.75) is 45.1 Å². The maximum absolute atomic E-state index is 13.0. The number of aromatic nitrogens is 5. The molecule has 0 radical (unpaired) electrons. The Hall–Kier alpha value is -3.74. The fourth-order valence-corrected chi connectivity index (χ4v) is 4.47. The van der Waals surface area contributed by atoms with Crippen molar-refractivity contribution in [3.05, 3.63) is 77.6 Å². The maximum Gasteiger partial charge on any atom is 0.256 e. The molecule has 0 unspecified atom stereocenters. The van der Waals surface area contributed by atoms with Crippen LogP contribution in [0, 0.1) is 0 Å². The topological polar surface area (TPSA) is 77.6 Å². The molecule has 1 N–H and O–H groups in total. The van der Waals surface area contributed by atoms with Crippen LogP contribution in [-0.2, 0) is 6.42 Å². The highest BCUT2D eigenvalue weighted by molar-refractivity contribution is 6.04. The molecule has 1 fully saturated rings. The third kappa shape index (κ3) is 3.12. The first-order valence-electron chi connectivity index (χ1n) is 11.1. The predicted octanol–water partition coefficient (Wildman–Crippen LogP) is 4.75. The number of nitrogens with zero attached hydrogens (tertiary/aromatic N) is 5. The average molecular weight is 425 g/mol. The number of nitrogens with one attached hydrogen (secondary N) is 1. The first kappa shape index (κ1) is 19.0. The van der Waals surface area contributed by atoms with Crippen LogP contribution >= 0.6 is 0 Å². The van der Waals surface area contributed by atoms with E-state index in [4.69, 9.17) is 0 Å². The summed E-state index contributed by atoms with van der Waals surface area (Å²) in [4.78, 5) is 26.7. The molecule has 2 aliphatic rings. The number of carbonyl (C=O) groups is 1. The molecule has 6 rings (SSSR count). The molecule has 160 valence electrons. The molecule has 0 spiro atoms. The summed E-state index contributed by atoms with van der Waals surface area (Å²) in [6.07, 6.45) is 8.96. The third-order valence-electron chi connectivity index (χ3n) is 6.27. The Labute approximate surface area is 186 Å². The minimum atomic E-state index is -0.180. The van der Waals surface area contributed by atoms with Crippen LogP contribution in [0.1, 0.15) is 66.0 Å². The Balaban J connectivity index is 1.26. The summed E-state index contributed by atoms with van der Waals surface area (Å²) in [5, 5.41) is 2.95. The molecule has 32 heavy (non-hydrogen) atoms. The summed E-state index contributed by atoms with van der Waals surface area (Å²) in [5.41, 5.74) is 6.12. The van der Waals surface area contributed by atoms with Gasteiger partial charge in [0.15, 0.2) is 5.82 Å². The summed E-state index contributed by atoms with van der Waals surface area (Å²) >= 11 is 0. The van der Waals surface area contributed by atoms with E-state index in [-0.39, 0.29) is 11.9 Å². The summed E-state index contributed by atoms with van der Waals surface area (Å²) in [6.45, 7) is 4.20. The number of hydrogen-bond acceptors (Lipinski definition) is 4. The molecule has 4 heterocycles. The van der Waals surface area contributed by atoms with Crippen molar-refractivity contribution >= 4 is 11.7 Å². The van der Waals surface area contributed by atoms with E-state index in [0.717, 1.165) is 23.6 Å². The second-order valence-corrected chi connectivity index (χ2v) is 8.86. The maximum atomic E-state index is 13.0. The zero-order chi connectivity index (χ0) is 21.8. The normalized spacial score (nSPS) is 14.5. The zero-order valence-corrected chi connectivity index (χ0v) is 18.1. The van der Waals surface area contributed by atoms with Gasteiger partial charge >= 0.3 is 0 Å². The van der Waals surface area contributed by atoms with E-state index in [1.807, 2.05) is 36.8 Å². The molecule has 1 aromatic carbocycles. The number of anilines is 1. The van der Waals surface area contributed by atoms with Crippen LogP contribution in [0.15, 0.2) is 55.1 Å². The lowest BCUT2D eigenvalue weighted by Gasteiger charge is -2.12. The van der Waals surface area contributed by atoms with E-state index in [9.17, 15) is 4.79 Å². The lowest BCUT2D eigenvalue weighted by molar-refractivity contribution is 0.102. The van der Waals surface area contributed by atoms with Gasteiger partial charge in [-0.3, -0.25) is 4.79 Å². The molecule has 1 amide bonds. The van der Waals surface area contributed by atoms with E-state index in [1.54, 1.807) is 12.3 Å². The quantitative estimate of drug-likeness (QED) is 0.442. The van der Waals surface area contributed by atoms with Gasteiger partial charge in [-0.15, -0.1) is 0 Å². The Kier molecular flexibility index (Phi) is 4.24. The van der Waals surface area contributed by atoms with Crippen molar-refractivity contribution in [3.8, 4) is 17.2 Å². The highest BCUT2D eigenvalue weighted by Gasteiger charge is 2.32. The minimum absolute atomic E-state index is 0.180. The van der Waals surface area contributed by atoms with Gasteiger partial charge in [0.05, 0.1) is 23.4 Å². The molecule has 1 aliphatic heterocycles. The molecule has 0 atom stereocenters. The molecule has 0 saturated heterocycles. The first-order chi connectivity index (χ1) is 15.6. The van der Waals surface area contributed by atoms with Crippen LogP contribution in [0.3, 0.4) is 0 Å². The van der Waals surface area contributed by atoms with E-state index in [1.165, 1.54) is 29.8 Å². The van der Waals surface area contributed by atoms with Crippen LogP contribution in [0.25, 0.3) is 17.2 Å². The lowest BCUT2D eigenvalue weighted by atomic mass is 10.1. The number of fused-ring (bicyclic) bond motifs is 3. The van der Waals surface area contributed by atoms with Crippen LogP contribution in [0.4, 0.5) is 5.82 Å². The highest BCUT2D eigenvalue weighted by atomic mass is 16.1. The Morgan fingerprint density at radius 2 is 2.03 bits per heavy atom.